The number of para-hydroxylation sites is 1. The molecule has 0 radical (unpaired) electrons. The van der Waals surface area contributed by atoms with Crippen molar-refractivity contribution in [3.8, 4) is 0 Å². The Morgan fingerprint density at radius 3 is 2.44 bits per heavy atom. The molecule has 34 heavy (non-hydrogen) atoms. The van der Waals surface area contributed by atoms with Gasteiger partial charge in [0.05, 0.1) is 23.5 Å². The van der Waals surface area contributed by atoms with Crippen molar-refractivity contribution in [2.24, 2.45) is 4.99 Å². The van der Waals surface area contributed by atoms with Gasteiger partial charge in [-0.1, -0.05) is 41.6 Å². The predicted octanol–water partition coefficient (Wildman–Crippen LogP) is 7.70. The molecule has 3 nitrogen and oxygen atoms in total. The van der Waals surface area contributed by atoms with Crippen molar-refractivity contribution in [3.05, 3.63) is 88.7 Å². The summed E-state index contributed by atoms with van der Waals surface area (Å²) < 4.78 is 39.9. The van der Waals surface area contributed by atoms with Crippen molar-refractivity contribution in [3.63, 3.8) is 0 Å². The first-order valence-electron chi connectivity index (χ1n) is 9.85. The quantitative estimate of drug-likeness (QED) is 0.336. The van der Waals surface area contributed by atoms with Gasteiger partial charge in [-0.3, -0.25) is 9.98 Å². The molecular weight excluding hydrogens is 526 g/mol. The Morgan fingerprint density at radius 1 is 1.03 bits per heavy atom. The summed E-state index contributed by atoms with van der Waals surface area (Å²) in [6.07, 6.45) is -0.0689. The van der Waals surface area contributed by atoms with E-state index in [4.69, 9.17) is 11.6 Å². The van der Waals surface area contributed by atoms with E-state index in [-0.39, 0.29) is 24.8 Å². The first-order chi connectivity index (χ1) is 15.3. The number of halogens is 6. The van der Waals surface area contributed by atoms with Gasteiger partial charge >= 0.3 is 6.18 Å². The van der Waals surface area contributed by atoms with Crippen molar-refractivity contribution in [1.82, 2.24) is 4.98 Å². The highest BCUT2D eigenvalue weighted by molar-refractivity contribution is 7.99. The van der Waals surface area contributed by atoms with E-state index in [2.05, 4.69) is 14.9 Å². The monoisotopic (exact) mass is 545 g/mol. The Balaban J connectivity index is 0.00000204. The van der Waals surface area contributed by atoms with Crippen LogP contribution < -0.4 is 4.90 Å². The largest absolute Gasteiger partial charge is 0.417 e. The van der Waals surface area contributed by atoms with Crippen LogP contribution in [0.1, 0.15) is 16.8 Å². The maximum Gasteiger partial charge on any atom is 0.417 e. The fraction of sp³-hybridized carbons (Fsp3) is 0.167. The molecule has 3 aromatic rings. The van der Waals surface area contributed by atoms with Gasteiger partial charge in [-0.05, 0) is 48.6 Å². The van der Waals surface area contributed by atoms with Crippen LogP contribution >= 0.6 is 48.2 Å². The van der Waals surface area contributed by atoms with E-state index in [1.165, 1.54) is 11.8 Å². The molecule has 1 aromatic heterocycles. The molecule has 0 unspecified atom stereocenters. The van der Waals surface area contributed by atoms with Crippen LogP contribution in [0.2, 0.25) is 5.02 Å². The minimum absolute atomic E-state index is 0. The van der Waals surface area contributed by atoms with Crippen LogP contribution in [0.25, 0.3) is 6.08 Å². The zero-order valence-corrected chi connectivity index (χ0v) is 21.1. The zero-order chi connectivity index (χ0) is 22.7. The molecule has 4 rings (SSSR count). The molecule has 180 valence electrons. The second kappa shape index (κ2) is 12.0. The highest BCUT2D eigenvalue weighted by Crippen LogP contribution is 2.36. The Morgan fingerprint density at radius 2 is 1.74 bits per heavy atom. The number of allylic oxidation sites excluding steroid dienone is 1. The van der Waals surface area contributed by atoms with Gasteiger partial charge in [0.15, 0.2) is 0 Å². The third-order valence-corrected chi connectivity index (χ3v) is 6.27. The number of benzene rings is 2. The molecule has 0 spiro atoms. The minimum atomic E-state index is -4.47. The van der Waals surface area contributed by atoms with Gasteiger partial charge in [0.1, 0.15) is 0 Å². The van der Waals surface area contributed by atoms with Crippen LogP contribution in [0.4, 0.5) is 18.9 Å². The summed E-state index contributed by atoms with van der Waals surface area (Å²) in [4.78, 5) is 12.1. The van der Waals surface area contributed by atoms with Gasteiger partial charge in [-0.25, -0.2) is 0 Å². The second-order valence-corrected chi connectivity index (χ2v) is 8.75. The Kier molecular flexibility index (Phi) is 9.88. The third kappa shape index (κ3) is 6.69. The second-order valence-electron chi connectivity index (χ2n) is 7.20. The molecular formula is C24H21Cl3F3N3S. The van der Waals surface area contributed by atoms with Crippen molar-refractivity contribution in [2.45, 2.75) is 16.0 Å². The first-order valence-corrected chi connectivity index (χ1v) is 11.0. The summed E-state index contributed by atoms with van der Waals surface area (Å²) in [6.45, 7) is 1.40. The number of likely N-dealkylation sites (N-methyl/N-ethyl adjacent to an activating group) is 1. The molecule has 0 aliphatic carbocycles. The molecule has 0 fully saturated rings. The summed E-state index contributed by atoms with van der Waals surface area (Å²) in [5.41, 5.74) is 2.46. The van der Waals surface area contributed by atoms with E-state index >= 15 is 0 Å². The zero-order valence-electron chi connectivity index (χ0n) is 17.9. The minimum Gasteiger partial charge on any atom is -0.372 e. The SMILES string of the molecule is CN1CCN=C(/C=C/c2ncc(C(F)(F)F)cc2Sc2ccc(Cl)cc2)c2ccccc21.Cl.Cl. The number of anilines is 1. The fourth-order valence-corrected chi connectivity index (χ4v) is 4.36. The van der Waals surface area contributed by atoms with Crippen LogP contribution in [0.15, 0.2) is 81.7 Å². The third-order valence-electron chi connectivity index (χ3n) is 4.96. The van der Waals surface area contributed by atoms with Crippen LogP contribution in [0.5, 0.6) is 0 Å². The van der Waals surface area contributed by atoms with E-state index in [0.29, 0.717) is 22.2 Å². The summed E-state index contributed by atoms with van der Waals surface area (Å²) in [5, 5.41) is 0.562. The van der Waals surface area contributed by atoms with Crippen LogP contribution in [-0.2, 0) is 6.18 Å². The van der Waals surface area contributed by atoms with E-state index < -0.39 is 11.7 Å². The maximum absolute atomic E-state index is 13.3. The van der Waals surface area contributed by atoms with Gasteiger partial charge in [-0.2, -0.15) is 13.2 Å². The lowest BCUT2D eigenvalue weighted by molar-refractivity contribution is -0.138. The number of nitrogens with zero attached hydrogens (tertiary/aromatic N) is 3. The number of pyridine rings is 1. The number of alkyl halides is 3. The van der Waals surface area contributed by atoms with Gasteiger partial charge in [-0.15, -0.1) is 24.8 Å². The average molecular weight is 547 g/mol. The van der Waals surface area contributed by atoms with Crippen LogP contribution in [0, 0.1) is 0 Å². The molecule has 10 heteroatoms. The number of aromatic nitrogens is 1. The summed E-state index contributed by atoms with van der Waals surface area (Å²) in [6, 6.07) is 16.0. The topological polar surface area (TPSA) is 28.5 Å². The molecule has 0 amide bonds. The van der Waals surface area contributed by atoms with Crippen LogP contribution in [0.3, 0.4) is 0 Å². The average Bonchev–Trinajstić information content (AvgIpc) is 2.93. The summed E-state index contributed by atoms with van der Waals surface area (Å²) in [5.74, 6) is 0. The molecule has 2 aromatic carbocycles. The van der Waals surface area contributed by atoms with Gasteiger partial charge in [0.25, 0.3) is 0 Å². The molecule has 0 atom stereocenters. The smallest absolute Gasteiger partial charge is 0.372 e. The number of hydrogen-bond acceptors (Lipinski definition) is 4. The lowest BCUT2D eigenvalue weighted by Gasteiger charge is -2.18. The fourth-order valence-electron chi connectivity index (χ4n) is 3.30. The van der Waals surface area contributed by atoms with Crippen molar-refractivity contribution in [2.75, 3.05) is 25.0 Å². The molecule has 0 N–H and O–H groups in total. The van der Waals surface area contributed by atoms with Gasteiger partial charge < -0.3 is 4.90 Å². The van der Waals surface area contributed by atoms with Crippen LogP contribution in [-0.4, -0.2) is 30.8 Å². The lowest BCUT2D eigenvalue weighted by atomic mass is 10.1. The molecule has 0 saturated carbocycles. The molecule has 2 heterocycles. The Bertz CT molecular complexity index is 1180. The van der Waals surface area contributed by atoms with E-state index in [9.17, 15) is 13.2 Å². The van der Waals surface area contributed by atoms with Crippen molar-refractivity contribution in [1.29, 1.82) is 0 Å². The summed E-state index contributed by atoms with van der Waals surface area (Å²) in [7, 11) is 2.01. The van der Waals surface area contributed by atoms with Crippen molar-refractivity contribution < 1.29 is 13.2 Å². The molecule has 0 bridgehead atoms. The summed E-state index contributed by atoms with van der Waals surface area (Å²) >= 11 is 7.14. The van der Waals surface area contributed by atoms with Crippen molar-refractivity contribution >= 4 is 65.7 Å². The standard InChI is InChI=1S/C24H19ClF3N3S.2ClH/c1-31-13-12-29-20(19-4-2-3-5-22(19)31)10-11-21-23(14-16(15-30-21)24(26,27)28)32-18-8-6-17(25)7-9-18;;/h2-11,14-15H,12-13H2,1H3;2*1H/b11-10+;;. The Labute approximate surface area is 218 Å². The highest BCUT2D eigenvalue weighted by atomic mass is 35.5. The Hall–Kier alpha value is -2.19. The molecule has 1 aliphatic heterocycles. The van der Waals surface area contributed by atoms with E-state index in [1.807, 2.05) is 37.4 Å². The number of rotatable bonds is 4. The maximum atomic E-state index is 13.3. The number of fused-ring (bicyclic) bond motifs is 1. The van der Waals surface area contributed by atoms with E-state index in [1.54, 1.807) is 30.3 Å². The molecule has 0 saturated heterocycles. The normalized spacial score (nSPS) is 13.4. The first kappa shape index (κ1) is 28.1. The van der Waals surface area contributed by atoms with Gasteiger partial charge in [0, 0.05) is 45.9 Å². The van der Waals surface area contributed by atoms with E-state index in [0.717, 1.165) is 40.7 Å². The number of aliphatic imine (C=N–C) groups is 1. The lowest BCUT2D eigenvalue weighted by Crippen LogP contribution is -2.20. The molecule has 1 aliphatic rings. The highest BCUT2D eigenvalue weighted by Gasteiger charge is 2.31. The number of hydrogen-bond donors (Lipinski definition) is 0. The number of benzodiazepines with no additional fused rings is 1. The van der Waals surface area contributed by atoms with Gasteiger partial charge in [0.2, 0.25) is 0 Å². The predicted molar refractivity (Wildman–Crippen MR) is 139 cm³/mol.